The van der Waals surface area contributed by atoms with E-state index in [1.54, 1.807) is 11.8 Å². The fraction of sp³-hybridized carbons (Fsp3) is 0.391. The highest BCUT2D eigenvalue weighted by atomic mass is 16.2. The zero-order valence-electron chi connectivity index (χ0n) is 16.7. The number of carbonyl (C=O) groups is 2. The van der Waals surface area contributed by atoms with Crippen molar-refractivity contribution >= 4 is 11.8 Å². The first kappa shape index (κ1) is 20.7. The van der Waals surface area contributed by atoms with E-state index in [2.05, 4.69) is 5.32 Å². The molecule has 2 aromatic rings. The Labute approximate surface area is 162 Å². The van der Waals surface area contributed by atoms with Crippen molar-refractivity contribution in [1.82, 2.24) is 10.2 Å². The summed E-state index contributed by atoms with van der Waals surface area (Å²) < 4.78 is 0. The molecule has 0 aliphatic rings. The Morgan fingerprint density at radius 3 is 2.15 bits per heavy atom. The average Bonchev–Trinajstić information content (AvgIpc) is 2.65. The van der Waals surface area contributed by atoms with Gasteiger partial charge in [-0.25, -0.2) is 0 Å². The summed E-state index contributed by atoms with van der Waals surface area (Å²) in [5, 5.41) is 2.91. The molecule has 4 nitrogen and oxygen atoms in total. The van der Waals surface area contributed by atoms with Gasteiger partial charge in [0.05, 0.1) is 0 Å². The molecule has 0 radical (unpaired) electrons. The number of benzene rings is 2. The van der Waals surface area contributed by atoms with Gasteiger partial charge in [0.2, 0.25) is 11.8 Å². The molecule has 0 heterocycles. The molecule has 2 aromatic carbocycles. The first-order chi connectivity index (χ1) is 12.9. The van der Waals surface area contributed by atoms with Crippen molar-refractivity contribution in [3.8, 4) is 0 Å². The Bertz CT molecular complexity index is 739. The molecule has 144 valence electrons. The van der Waals surface area contributed by atoms with Crippen molar-refractivity contribution in [2.24, 2.45) is 0 Å². The van der Waals surface area contributed by atoms with E-state index >= 15 is 0 Å². The predicted molar refractivity (Wildman–Crippen MR) is 109 cm³/mol. The number of rotatable bonds is 8. The molecule has 2 amide bonds. The summed E-state index contributed by atoms with van der Waals surface area (Å²) in [7, 11) is 0. The van der Waals surface area contributed by atoms with E-state index in [0.717, 1.165) is 11.1 Å². The molecule has 4 heteroatoms. The second kappa shape index (κ2) is 9.91. The van der Waals surface area contributed by atoms with Crippen LogP contribution in [0.3, 0.4) is 0 Å². The zero-order chi connectivity index (χ0) is 19.8. The maximum atomic E-state index is 13.0. The monoisotopic (exact) mass is 366 g/mol. The third-order valence-electron chi connectivity index (χ3n) is 4.54. The van der Waals surface area contributed by atoms with E-state index in [9.17, 15) is 9.59 Å². The predicted octanol–water partition coefficient (Wildman–Crippen LogP) is 3.87. The maximum absolute atomic E-state index is 13.0. The molecule has 1 N–H and O–H groups in total. The number of amides is 2. The van der Waals surface area contributed by atoms with Crippen molar-refractivity contribution in [3.05, 3.63) is 71.3 Å². The van der Waals surface area contributed by atoms with Gasteiger partial charge in [-0.05, 0) is 45.2 Å². The molecule has 0 aliphatic heterocycles. The minimum absolute atomic E-state index is 0.00849. The smallest absolute Gasteiger partial charge is 0.242 e. The highest BCUT2D eigenvalue weighted by Crippen LogP contribution is 2.14. The quantitative estimate of drug-likeness (QED) is 0.771. The Hall–Kier alpha value is -2.62. The summed E-state index contributed by atoms with van der Waals surface area (Å²) in [5.41, 5.74) is 3.32. The molecule has 0 saturated heterocycles. The van der Waals surface area contributed by atoms with Crippen LogP contribution in [-0.2, 0) is 22.6 Å². The normalized spacial score (nSPS) is 11.9. The van der Waals surface area contributed by atoms with Crippen LogP contribution in [0, 0.1) is 6.92 Å². The van der Waals surface area contributed by atoms with Gasteiger partial charge in [-0.3, -0.25) is 9.59 Å². The van der Waals surface area contributed by atoms with Crippen LogP contribution in [0.4, 0.5) is 0 Å². The molecular weight excluding hydrogens is 336 g/mol. The Balaban J connectivity index is 2.12. The van der Waals surface area contributed by atoms with Gasteiger partial charge >= 0.3 is 0 Å². The molecule has 0 aliphatic carbocycles. The molecule has 0 bridgehead atoms. The van der Waals surface area contributed by atoms with Gasteiger partial charge in [0.1, 0.15) is 6.04 Å². The summed E-state index contributed by atoms with van der Waals surface area (Å²) in [5.74, 6) is -0.129. The van der Waals surface area contributed by atoms with Crippen molar-refractivity contribution < 1.29 is 9.59 Å². The zero-order valence-corrected chi connectivity index (χ0v) is 16.7. The van der Waals surface area contributed by atoms with Crippen LogP contribution in [0.2, 0.25) is 0 Å². The molecule has 1 atom stereocenters. The van der Waals surface area contributed by atoms with Gasteiger partial charge in [0.15, 0.2) is 0 Å². The molecule has 27 heavy (non-hydrogen) atoms. The number of nitrogens with one attached hydrogen (secondary N) is 1. The lowest BCUT2D eigenvalue weighted by atomic mass is 10.1. The molecule has 0 saturated carbocycles. The summed E-state index contributed by atoms with van der Waals surface area (Å²) in [4.78, 5) is 27.2. The van der Waals surface area contributed by atoms with Crippen LogP contribution in [0.15, 0.2) is 54.6 Å². The summed E-state index contributed by atoms with van der Waals surface area (Å²) in [6.07, 6.45) is 1.05. The largest absolute Gasteiger partial charge is 0.352 e. The van der Waals surface area contributed by atoms with Gasteiger partial charge in [-0.15, -0.1) is 0 Å². The third-order valence-corrected chi connectivity index (χ3v) is 4.54. The van der Waals surface area contributed by atoms with E-state index in [4.69, 9.17) is 0 Å². The second-order valence-electron chi connectivity index (χ2n) is 7.33. The first-order valence-electron chi connectivity index (χ1n) is 9.56. The second-order valence-corrected chi connectivity index (χ2v) is 7.33. The fourth-order valence-corrected chi connectivity index (χ4v) is 2.92. The number of hydrogen-bond donors (Lipinski definition) is 1. The maximum Gasteiger partial charge on any atom is 0.242 e. The molecule has 0 unspecified atom stereocenters. The summed E-state index contributed by atoms with van der Waals surface area (Å²) >= 11 is 0. The minimum Gasteiger partial charge on any atom is -0.352 e. The van der Waals surface area contributed by atoms with Crippen LogP contribution in [-0.4, -0.2) is 28.8 Å². The van der Waals surface area contributed by atoms with Gasteiger partial charge in [0, 0.05) is 19.0 Å². The van der Waals surface area contributed by atoms with Gasteiger partial charge < -0.3 is 10.2 Å². The van der Waals surface area contributed by atoms with Crippen LogP contribution in [0.1, 0.15) is 43.9 Å². The lowest BCUT2D eigenvalue weighted by Crippen LogP contribution is -2.49. The van der Waals surface area contributed by atoms with Gasteiger partial charge in [-0.2, -0.15) is 0 Å². The Morgan fingerprint density at radius 1 is 0.926 bits per heavy atom. The summed E-state index contributed by atoms with van der Waals surface area (Å²) in [6.45, 7) is 8.11. The number of nitrogens with zero attached hydrogens (tertiary/aromatic N) is 1. The van der Waals surface area contributed by atoms with Gasteiger partial charge in [-0.1, -0.05) is 60.2 Å². The lowest BCUT2D eigenvalue weighted by molar-refractivity contribution is -0.140. The van der Waals surface area contributed by atoms with Crippen LogP contribution in [0.5, 0.6) is 0 Å². The Kier molecular flexibility index (Phi) is 7.59. The van der Waals surface area contributed by atoms with E-state index in [1.165, 1.54) is 5.56 Å². The summed E-state index contributed by atoms with van der Waals surface area (Å²) in [6, 6.07) is 17.6. The van der Waals surface area contributed by atoms with Crippen molar-refractivity contribution in [2.45, 2.75) is 59.2 Å². The van der Waals surface area contributed by atoms with E-state index in [-0.39, 0.29) is 17.9 Å². The standard InChI is InChI=1S/C23H30N2O2/c1-17(2)24-23(27)19(4)25(16-21-12-10-18(3)11-13-21)22(26)15-14-20-8-6-5-7-9-20/h5-13,17,19H,14-16H2,1-4H3,(H,24,27)/t19-/m0/s1. The first-order valence-corrected chi connectivity index (χ1v) is 9.56. The molecular formula is C23H30N2O2. The van der Waals surface area contributed by atoms with Crippen molar-refractivity contribution in [3.63, 3.8) is 0 Å². The molecule has 0 spiro atoms. The topological polar surface area (TPSA) is 49.4 Å². The van der Waals surface area contributed by atoms with E-state index in [1.807, 2.05) is 75.4 Å². The Morgan fingerprint density at radius 2 is 1.56 bits per heavy atom. The average molecular weight is 367 g/mol. The highest BCUT2D eigenvalue weighted by Gasteiger charge is 2.26. The van der Waals surface area contributed by atoms with E-state index < -0.39 is 6.04 Å². The number of hydrogen-bond acceptors (Lipinski definition) is 2. The minimum atomic E-state index is -0.517. The van der Waals surface area contributed by atoms with Crippen LogP contribution >= 0.6 is 0 Å². The highest BCUT2D eigenvalue weighted by molar-refractivity contribution is 5.87. The van der Waals surface area contributed by atoms with Crippen molar-refractivity contribution in [2.75, 3.05) is 0 Å². The van der Waals surface area contributed by atoms with Crippen LogP contribution < -0.4 is 5.32 Å². The van der Waals surface area contributed by atoms with E-state index in [0.29, 0.717) is 19.4 Å². The van der Waals surface area contributed by atoms with Gasteiger partial charge in [0.25, 0.3) is 0 Å². The third kappa shape index (κ3) is 6.55. The fourth-order valence-electron chi connectivity index (χ4n) is 2.92. The van der Waals surface area contributed by atoms with Crippen molar-refractivity contribution in [1.29, 1.82) is 0 Å². The lowest BCUT2D eigenvalue weighted by Gasteiger charge is -2.29. The number of carbonyl (C=O) groups excluding carboxylic acids is 2. The number of aryl methyl sites for hydroxylation is 2. The molecule has 0 aromatic heterocycles. The molecule has 0 fully saturated rings. The SMILES string of the molecule is Cc1ccc(CN(C(=O)CCc2ccccc2)[C@@H](C)C(=O)NC(C)C)cc1. The molecule has 2 rings (SSSR count). The van der Waals surface area contributed by atoms with Crippen LogP contribution in [0.25, 0.3) is 0 Å².